The summed E-state index contributed by atoms with van der Waals surface area (Å²) in [6, 6.07) is 25.4. The number of hydrogen-bond acceptors (Lipinski definition) is 5. The van der Waals surface area contributed by atoms with Gasteiger partial charge in [0, 0.05) is 33.6 Å². The first kappa shape index (κ1) is 21.6. The number of hydrogen-bond donors (Lipinski definition) is 1. The molecule has 0 spiro atoms. The maximum absolute atomic E-state index is 11.1. The van der Waals surface area contributed by atoms with Crippen LogP contribution in [0.2, 0.25) is 0 Å². The van der Waals surface area contributed by atoms with Crippen LogP contribution < -0.4 is 5.32 Å². The van der Waals surface area contributed by atoms with Gasteiger partial charge in [-0.05, 0) is 82.9 Å². The van der Waals surface area contributed by atoms with Crippen LogP contribution in [0.3, 0.4) is 0 Å². The number of carbonyl (C=O) groups is 4. The first-order chi connectivity index (χ1) is 16.1. The van der Waals surface area contributed by atoms with Crippen molar-refractivity contribution in [2.75, 3.05) is 5.32 Å². The fourth-order valence-electron chi connectivity index (χ4n) is 3.62. The summed E-state index contributed by atoms with van der Waals surface area (Å²) in [7, 11) is 0. The molecule has 0 aliphatic heterocycles. The summed E-state index contributed by atoms with van der Waals surface area (Å²) < 4.78 is 0. The third-order valence-electron chi connectivity index (χ3n) is 5.22. The molecule has 5 nitrogen and oxygen atoms in total. The minimum atomic E-state index is 0.454. The van der Waals surface area contributed by atoms with E-state index < -0.39 is 0 Å². The Morgan fingerprint density at radius 3 is 0.970 bits per heavy atom. The quantitative estimate of drug-likeness (QED) is 0.344. The molecule has 0 fully saturated rings. The van der Waals surface area contributed by atoms with E-state index in [4.69, 9.17) is 0 Å². The maximum Gasteiger partial charge on any atom is 0.150 e. The van der Waals surface area contributed by atoms with E-state index in [2.05, 4.69) is 5.32 Å². The molecule has 0 amide bonds. The Morgan fingerprint density at radius 1 is 0.394 bits per heavy atom. The molecule has 0 bridgehead atoms. The molecule has 4 aromatic rings. The molecular formula is C28H19NO4. The third kappa shape index (κ3) is 4.99. The van der Waals surface area contributed by atoms with Gasteiger partial charge in [-0.1, -0.05) is 24.3 Å². The Hall–Kier alpha value is -4.64. The molecule has 4 rings (SSSR count). The largest absolute Gasteiger partial charge is 0.356 e. The Labute approximate surface area is 190 Å². The van der Waals surface area contributed by atoms with Gasteiger partial charge >= 0.3 is 0 Å². The molecule has 33 heavy (non-hydrogen) atoms. The van der Waals surface area contributed by atoms with Crippen molar-refractivity contribution in [3.63, 3.8) is 0 Å². The van der Waals surface area contributed by atoms with E-state index in [-0.39, 0.29) is 0 Å². The summed E-state index contributed by atoms with van der Waals surface area (Å²) in [5.74, 6) is 0. The van der Waals surface area contributed by atoms with Crippen molar-refractivity contribution in [2.24, 2.45) is 0 Å². The number of rotatable bonds is 8. The summed E-state index contributed by atoms with van der Waals surface area (Å²) >= 11 is 0. The number of aldehydes is 4. The lowest BCUT2D eigenvalue weighted by Crippen LogP contribution is -1.92. The van der Waals surface area contributed by atoms with Crippen LogP contribution in [-0.4, -0.2) is 25.1 Å². The molecule has 0 heterocycles. The predicted octanol–water partition coefficient (Wildman–Crippen LogP) is 6.01. The van der Waals surface area contributed by atoms with Crippen LogP contribution in [0.5, 0.6) is 0 Å². The summed E-state index contributed by atoms with van der Waals surface area (Å²) in [4.78, 5) is 44.5. The van der Waals surface area contributed by atoms with Gasteiger partial charge in [0.15, 0.2) is 0 Å². The molecule has 0 saturated heterocycles. The lowest BCUT2D eigenvalue weighted by molar-refractivity contribution is 0.111. The van der Waals surface area contributed by atoms with Crippen molar-refractivity contribution in [3.05, 3.63) is 107 Å². The van der Waals surface area contributed by atoms with Crippen molar-refractivity contribution >= 4 is 36.5 Å². The summed E-state index contributed by atoms with van der Waals surface area (Å²) in [5.41, 5.74) is 6.94. The van der Waals surface area contributed by atoms with E-state index in [0.717, 1.165) is 58.8 Å². The zero-order valence-electron chi connectivity index (χ0n) is 17.5. The summed E-state index contributed by atoms with van der Waals surface area (Å²) in [6.45, 7) is 0. The van der Waals surface area contributed by atoms with Crippen molar-refractivity contribution in [2.45, 2.75) is 0 Å². The Bertz CT molecular complexity index is 1180. The van der Waals surface area contributed by atoms with Gasteiger partial charge < -0.3 is 5.32 Å². The summed E-state index contributed by atoms with van der Waals surface area (Å²) in [5, 5.41) is 3.33. The average molecular weight is 433 g/mol. The lowest BCUT2D eigenvalue weighted by Gasteiger charge is -2.10. The Morgan fingerprint density at radius 2 is 0.697 bits per heavy atom. The van der Waals surface area contributed by atoms with E-state index >= 15 is 0 Å². The van der Waals surface area contributed by atoms with Crippen molar-refractivity contribution in [1.82, 2.24) is 0 Å². The van der Waals surface area contributed by atoms with Crippen LogP contribution >= 0.6 is 0 Å². The van der Waals surface area contributed by atoms with Gasteiger partial charge in [-0.25, -0.2) is 0 Å². The molecule has 0 unspecified atom stereocenters. The van der Waals surface area contributed by atoms with Crippen LogP contribution in [0.25, 0.3) is 22.3 Å². The van der Waals surface area contributed by atoms with Gasteiger partial charge in [-0.15, -0.1) is 0 Å². The molecule has 4 aromatic carbocycles. The molecule has 0 saturated carbocycles. The van der Waals surface area contributed by atoms with E-state index in [0.29, 0.717) is 22.3 Å². The van der Waals surface area contributed by atoms with Crippen molar-refractivity contribution in [1.29, 1.82) is 0 Å². The van der Waals surface area contributed by atoms with Crippen molar-refractivity contribution in [3.8, 4) is 22.3 Å². The monoisotopic (exact) mass is 433 g/mol. The molecule has 0 aliphatic rings. The average Bonchev–Trinajstić information content (AvgIpc) is 2.88. The number of nitrogens with one attached hydrogen (secondary N) is 1. The highest BCUT2D eigenvalue weighted by Crippen LogP contribution is 2.27. The van der Waals surface area contributed by atoms with Gasteiger partial charge in [0.25, 0.3) is 0 Å². The highest BCUT2D eigenvalue weighted by atomic mass is 16.1. The molecular weight excluding hydrogens is 414 g/mol. The van der Waals surface area contributed by atoms with E-state index in [9.17, 15) is 19.2 Å². The fourth-order valence-corrected chi connectivity index (χ4v) is 3.62. The molecule has 0 atom stereocenters. The zero-order valence-corrected chi connectivity index (χ0v) is 17.5. The van der Waals surface area contributed by atoms with Gasteiger partial charge in [0.1, 0.15) is 25.1 Å². The number of benzene rings is 4. The first-order valence-electron chi connectivity index (χ1n) is 10.2. The minimum Gasteiger partial charge on any atom is -0.356 e. The van der Waals surface area contributed by atoms with Crippen molar-refractivity contribution < 1.29 is 19.2 Å². The first-order valence-corrected chi connectivity index (χ1v) is 10.2. The fraction of sp³-hybridized carbons (Fsp3) is 0. The molecule has 5 heteroatoms. The summed E-state index contributed by atoms with van der Waals surface area (Å²) in [6.07, 6.45) is 2.91. The van der Waals surface area contributed by atoms with Crippen LogP contribution in [0.4, 0.5) is 11.4 Å². The van der Waals surface area contributed by atoms with Crippen LogP contribution in [0.1, 0.15) is 41.4 Å². The topological polar surface area (TPSA) is 80.3 Å². The maximum atomic E-state index is 11.1. The second-order valence-corrected chi connectivity index (χ2v) is 7.53. The van der Waals surface area contributed by atoms with Gasteiger partial charge in [-0.2, -0.15) is 0 Å². The molecule has 0 radical (unpaired) electrons. The Kier molecular flexibility index (Phi) is 6.32. The van der Waals surface area contributed by atoms with Gasteiger partial charge in [0.2, 0.25) is 0 Å². The normalized spacial score (nSPS) is 10.3. The predicted molar refractivity (Wildman–Crippen MR) is 129 cm³/mol. The van der Waals surface area contributed by atoms with E-state index in [1.54, 1.807) is 36.4 Å². The zero-order chi connectivity index (χ0) is 23.2. The number of carbonyl (C=O) groups excluding carboxylic acids is 4. The highest BCUT2D eigenvalue weighted by Gasteiger charge is 2.06. The second kappa shape index (κ2) is 9.66. The second-order valence-electron chi connectivity index (χ2n) is 7.53. The SMILES string of the molecule is O=Cc1cc(C=O)cc(-c2ccc(Nc3ccc(-c4cc(C=O)cc(C=O)c4)cc3)cc2)c1. The molecule has 0 aromatic heterocycles. The molecule has 1 N–H and O–H groups in total. The minimum absolute atomic E-state index is 0.454. The van der Waals surface area contributed by atoms with Crippen LogP contribution in [0, 0.1) is 0 Å². The van der Waals surface area contributed by atoms with Gasteiger partial charge in [-0.3, -0.25) is 19.2 Å². The van der Waals surface area contributed by atoms with Gasteiger partial charge in [0.05, 0.1) is 0 Å². The number of anilines is 2. The van der Waals surface area contributed by atoms with Crippen LogP contribution in [0.15, 0.2) is 84.9 Å². The molecule has 160 valence electrons. The standard InChI is InChI=1S/C28H19NO4/c30-15-19-9-20(16-31)12-25(11-19)23-1-5-27(6-2-23)29-28-7-3-24(4-8-28)26-13-21(17-32)10-22(14-26)18-33/h1-18,29H. The third-order valence-corrected chi connectivity index (χ3v) is 5.22. The van der Waals surface area contributed by atoms with Crippen LogP contribution in [-0.2, 0) is 0 Å². The smallest absolute Gasteiger partial charge is 0.150 e. The Balaban J connectivity index is 1.52. The van der Waals surface area contributed by atoms with E-state index in [1.165, 1.54) is 0 Å². The lowest BCUT2D eigenvalue weighted by atomic mass is 10.00. The molecule has 0 aliphatic carbocycles. The van der Waals surface area contributed by atoms with E-state index in [1.807, 2.05) is 48.5 Å². The highest BCUT2D eigenvalue weighted by molar-refractivity contribution is 5.87.